The van der Waals surface area contributed by atoms with E-state index in [0.29, 0.717) is 28.0 Å². The molecule has 2 N–H and O–H groups in total. The highest BCUT2D eigenvalue weighted by molar-refractivity contribution is 6.33. The van der Waals surface area contributed by atoms with Crippen molar-refractivity contribution in [1.29, 1.82) is 0 Å². The zero-order valence-electron chi connectivity index (χ0n) is 11.8. The van der Waals surface area contributed by atoms with Crippen LogP contribution in [0.1, 0.15) is 32.5 Å². The molecule has 0 saturated carbocycles. The first-order valence-electron chi connectivity index (χ1n) is 6.51. The number of halogens is 1. The van der Waals surface area contributed by atoms with Crippen LogP contribution < -0.4 is 5.73 Å². The number of nitrogen functional groups attached to an aromatic ring is 1. The second kappa shape index (κ2) is 5.81. The molecule has 0 spiro atoms. The van der Waals surface area contributed by atoms with Crippen molar-refractivity contribution in [3.63, 3.8) is 0 Å². The van der Waals surface area contributed by atoms with Crippen molar-refractivity contribution < 1.29 is 9.26 Å². The Kier molecular flexibility index (Phi) is 4.30. The zero-order valence-corrected chi connectivity index (χ0v) is 12.6. The Hall–Kier alpha value is -1.59. The zero-order chi connectivity index (χ0) is 14.8. The SMILES string of the molecule is CCC(CC)(OC)c1noc(-c2cc(N)ccc2Cl)n1. The molecule has 0 aliphatic rings. The minimum Gasteiger partial charge on any atom is -0.399 e. The van der Waals surface area contributed by atoms with Gasteiger partial charge in [-0.3, -0.25) is 0 Å². The van der Waals surface area contributed by atoms with Gasteiger partial charge in [0.2, 0.25) is 5.82 Å². The van der Waals surface area contributed by atoms with Crippen molar-refractivity contribution >= 4 is 17.3 Å². The number of methoxy groups -OCH3 is 1. The van der Waals surface area contributed by atoms with Crippen LogP contribution in [0.15, 0.2) is 22.7 Å². The Morgan fingerprint density at radius 1 is 1.35 bits per heavy atom. The Labute approximate surface area is 123 Å². The summed E-state index contributed by atoms with van der Waals surface area (Å²) in [7, 11) is 1.65. The topological polar surface area (TPSA) is 74.2 Å². The first-order valence-corrected chi connectivity index (χ1v) is 6.88. The second-order valence-electron chi connectivity index (χ2n) is 4.57. The monoisotopic (exact) mass is 295 g/mol. The summed E-state index contributed by atoms with van der Waals surface area (Å²) in [5.74, 6) is 0.874. The smallest absolute Gasteiger partial charge is 0.259 e. The van der Waals surface area contributed by atoms with Crippen LogP contribution >= 0.6 is 11.6 Å². The van der Waals surface area contributed by atoms with E-state index in [-0.39, 0.29) is 0 Å². The summed E-state index contributed by atoms with van der Waals surface area (Å²) in [6.07, 6.45) is 1.51. The number of anilines is 1. The quantitative estimate of drug-likeness (QED) is 0.853. The number of hydrogen-bond donors (Lipinski definition) is 1. The van der Waals surface area contributed by atoms with Crippen molar-refractivity contribution in [3.8, 4) is 11.5 Å². The summed E-state index contributed by atoms with van der Waals surface area (Å²) in [5, 5.41) is 4.56. The summed E-state index contributed by atoms with van der Waals surface area (Å²) in [5.41, 5.74) is 6.45. The molecule has 0 bridgehead atoms. The van der Waals surface area contributed by atoms with Crippen molar-refractivity contribution in [2.24, 2.45) is 0 Å². The number of hydrogen-bond acceptors (Lipinski definition) is 5. The first kappa shape index (κ1) is 14.8. The molecule has 6 heteroatoms. The molecule has 0 aliphatic heterocycles. The van der Waals surface area contributed by atoms with Gasteiger partial charge in [0, 0.05) is 12.8 Å². The maximum Gasteiger partial charge on any atom is 0.259 e. The highest BCUT2D eigenvalue weighted by Crippen LogP contribution is 2.34. The van der Waals surface area contributed by atoms with E-state index < -0.39 is 5.60 Å². The summed E-state index contributed by atoms with van der Waals surface area (Å²) in [6, 6.07) is 5.14. The van der Waals surface area contributed by atoms with Crippen LogP contribution in [0.4, 0.5) is 5.69 Å². The molecule has 2 aromatic rings. The molecule has 0 saturated heterocycles. The van der Waals surface area contributed by atoms with E-state index in [9.17, 15) is 0 Å². The molecule has 1 heterocycles. The van der Waals surface area contributed by atoms with Gasteiger partial charge in [-0.1, -0.05) is 30.6 Å². The summed E-state index contributed by atoms with van der Waals surface area (Å²) < 4.78 is 10.9. The average molecular weight is 296 g/mol. The first-order chi connectivity index (χ1) is 9.56. The predicted molar refractivity (Wildman–Crippen MR) is 78.4 cm³/mol. The molecule has 5 nitrogen and oxygen atoms in total. The van der Waals surface area contributed by atoms with Crippen LogP contribution in [0.25, 0.3) is 11.5 Å². The Balaban J connectivity index is 2.45. The molecule has 0 amide bonds. The minimum absolute atomic E-state index is 0.348. The van der Waals surface area contributed by atoms with Gasteiger partial charge in [-0.2, -0.15) is 4.98 Å². The van der Waals surface area contributed by atoms with E-state index in [1.807, 2.05) is 13.8 Å². The standard InChI is InChI=1S/C14H18ClN3O2/c1-4-14(5-2,19-3)13-17-12(20-18-13)10-8-9(16)6-7-11(10)15/h6-8H,4-5,16H2,1-3H3. The van der Waals surface area contributed by atoms with Crippen molar-refractivity contribution in [2.45, 2.75) is 32.3 Å². The van der Waals surface area contributed by atoms with Gasteiger partial charge in [-0.15, -0.1) is 0 Å². The Morgan fingerprint density at radius 2 is 2.05 bits per heavy atom. The molecular formula is C14H18ClN3O2. The fourth-order valence-corrected chi connectivity index (χ4v) is 2.37. The van der Waals surface area contributed by atoms with Gasteiger partial charge in [-0.25, -0.2) is 0 Å². The molecule has 0 fully saturated rings. The van der Waals surface area contributed by atoms with Crippen LogP contribution in [-0.2, 0) is 10.3 Å². The molecule has 108 valence electrons. The highest BCUT2D eigenvalue weighted by atomic mass is 35.5. The lowest BCUT2D eigenvalue weighted by atomic mass is 9.96. The summed E-state index contributed by atoms with van der Waals surface area (Å²) >= 11 is 6.14. The lowest BCUT2D eigenvalue weighted by molar-refractivity contribution is -0.0306. The van der Waals surface area contributed by atoms with E-state index >= 15 is 0 Å². The summed E-state index contributed by atoms with van der Waals surface area (Å²) in [6.45, 7) is 4.05. The van der Waals surface area contributed by atoms with E-state index in [2.05, 4.69) is 10.1 Å². The van der Waals surface area contributed by atoms with E-state index in [1.54, 1.807) is 25.3 Å². The van der Waals surface area contributed by atoms with Gasteiger partial charge in [-0.05, 0) is 31.0 Å². The lowest BCUT2D eigenvalue weighted by Crippen LogP contribution is -2.28. The highest BCUT2D eigenvalue weighted by Gasteiger charge is 2.34. The lowest BCUT2D eigenvalue weighted by Gasteiger charge is -2.25. The van der Waals surface area contributed by atoms with Crippen LogP contribution in [0.3, 0.4) is 0 Å². The van der Waals surface area contributed by atoms with Gasteiger partial charge in [0.25, 0.3) is 5.89 Å². The molecule has 0 radical (unpaired) electrons. The third kappa shape index (κ3) is 2.51. The average Bonchev–Trinajstić information content (AvgIpc) is 2.94. The molecule has 1 aromatic carbocycles. The van der Waals surface area contributed by atoms with Gasteiger partial charge < -0.3 is 15.0 Å². The number of benzene rings is 1. The van der Waals surface area contributed by atoms with E-state index in [4.69, 9.17) is 26.6 Å². The van der Waals surface area contributed by atoms with Crippen LogP contribution in [0.2, 0.25) is 5.02 Å². The van der Waals surface area contributed by atoms with E-state index in [1.165, 1.54) is 0 Å². The molecule has 0 unspecified atom stereocenters. The predicted octanol–water partition coefficient (Wildman–Crippen LogP) is 3.63. The van der Waals surface area contributed by atoms with Crippen molar-refractivity contribution in [2.75, 3.05) is 12.8 Å². The van der Waals surface area contributed by atoms with Crippen LogP contribution in [-0.4, -0.2) is 17.3 Å². The maximum absolute atomic E-state index is 6.14. The third-order valence-corrected chi connectivity index (χ3v) is 3.92. The molecule has 0 atom stereocenters. The largest absolute Gasteiger partial charge is 0.399 e. The molecular weight excluding hydrogens is 278 g/mol. The molecule has 20 heavy (non-hydrogen) atoms. The van der Waals surface area contributed by atoms with Crippen molar-refractivity contribution in [3.05, 3.63) is 29.0 Å². The fourth-order valence-electron chi connectivity index (χ4n) is 2.17. The number of nitrogens with zero attached hydrogens (tertiary/aromatic N) is 2. The van der Waals surface area contributed by atoms with Crippen LogP contribution in [0, 0.1) is 0 Å². The summed E-state index contributed by atoms with van der Waals surface area (Å²) in [4.78, 5) is 4.42. The molecule has 0 aliphatic carbocycles. The minimum atomic E-state index is -0.533. The second-order valence-corrected chi connectivity index (χ2v) is 4.98. The number of aromatic nitrogens is 2. The molecule has 2 rings (SSSR count). The molecule has 1 aromatic heterocycles. The van der Waals surface area contributed by atoms with E-state index in [0.717, 1.165) is 12.8 Å². The number of nitrogens with two attached hydrogens (primary N) is 1. The van der Waals surface area contributed by atoms with Gasteiger partial charge >= 0.3 is 0 Å². The normalized spacial score (nSPS) is 11.8. The number of ether oxygens (including phenoxy) is 1. The maximum atomic E-state index is 6.14. The van der Waals surface area contributed by atoms with Crippen molar-refractivity contribution in [1.82, 2.24) is 10.1 Å². The van der Waals surface area contributed by atoms with Gasteiger partial charge in [0.05, 0.1) is 10.6 Å². The third-order valence-electron chi connectivity index (χ3n) is 3.59. The fraction of sp³-hybridized carbons (Fsp3) is 0.429. The van der Waals surface area contributed by atoms with Gasteiger partial charge in [0.15, 0.2) is 0 Å². The van der Waals surface area contributed by atoms with Gasteiger partial charge in [0.1, 0.15) is 5.60 Å². The van der Waals surface area contributed by atoms with Crippen LogP contribution in [0.5, 0.6) is 0 Å². The Morgan fingerprint density at radius 3 is 2.65 bits per heavy atom. The Bertz CT molecular complexity index is 586. The number of rotatable bonds is 5.